The highest BCUT2D eigenvalue weighted by atomic mass is 28.4. The van der Waals surface area contributed by atoms with E-state index in [-0.39, 0.29) is 22.5 Å². The minimum absolute atomic E-state index is 0.0297. The largest absolute Gasteiger partial charge is 0.410 e. The summed E-state index contributed by atoms with van der Waals surface area (Å²) in [5, 5.41) is 0.154. The topological polar surface area (TPSA) is 39.2 Å². The fraction of sp³-hybridized carbons (Fsp3) is 0.727. The fourth-order valence-electron chi connectivity index (χ4n) is 3.73. The normalized spacial score (nSPS) is 20.2. The van der Waals surface area contributed by atoms with Crippen molar-refractivity contribution < 1.29 is 9.22 Å². The van der Waals surface area contributed by atoms with Crippen LogP contribution in [0.1, 0.15) is 99.8 Å². The molecule has 0 spiro atoms. The molecule has 1 aromatic heterocycles. The average Bonchev–Trinajstić information content (AvgIpc) is 2.43. The Morgan fingerprint density at radius 2 is 1.85 bits per heavy atom. The molecular weight excluding hydrogens is 338 g/mol. The van der Waals surface area contributed by atoms with Gasteiger partial charge in [-0.05, 0) is 54.8 Å². The lowest BCUT2D eigenvalue weighted by molar-refractivity contribution is 0.105. The van der Waals surface area contributed by atoms with Crippen LogP contribution in [0.3, 0.4) is 0 Å². The van der Waals surface area contributed by atoms with Crippen LogP contribution in [0, 0.1) is 12.3 Å². The first-order valence-electron chi connectivity index (χ1n) is 9.86. The molecule has 1 aliphatic rings. The van der Waals surface area contributed by atoms with Gasteiger partial charge < -0.3 is 4.43 Å². The van der Waals surface area contributed by atoms with E-state index in [1.807, 2.05) is 0 Å². The molecule has 1 aromatic rings. The Balaban J connectivity index is 2.64. The van der Waals surface area contributed by atoms with Gasteiger partial charge in [-0.2, -0.15) is 0 Å². The maximum absolute atomic E-state index is 11.8. The zero-order valence-corrected chi connectivity index (χ0v) is 19.4. The molecule has 0 N–H and O–H groups in total. The number of pyridine rings is 1. The molecule has 0 bridgehead atoms. The third kappa shape index (κ3) is 3.96. The van der Waals surface area contributed by atoms with E-state index < -0.39 is 8.32 Å². The number of rotatable bonds is 4. The lowest BCUT2D eigenvalue weighted by atomic mass is 9.73. The summed E-state index contributed by atoms with van der Waals surface area (Å²) < 4.78 is 6.87. The van der Waals surface area contributed by atoms with Crippen LogP contribution in [-0.4, -0.2) is 19.6 Å². The molecule has 2 rings (SSSR count). The summed E-state index contributed by atoms with van der Waals surface area (Å²) in [4.78, 5) is 16.8. The summed E-state index contributed by atoms with van der Waals surface area (Å²) in [5.41, 5.74) is 5.24. The van der Waals surface area contributed by atoms with Gasteiger partial charge in [0.05, 0.1) is 11.8 Å². The number of carbonyl (C=O) groups excluding carboxylic acids is 1. The lowest BCUT2D eigenvalue weighted by Gasteiger charge is -2.44. The van der Waals surface area contributed by atoms with E-state index in [4.69, 9.17) is 9.41 Å². The molecule has 0 amide bonds. The van der Waals surface area contributed by atoms with Gasteiger partial charge in [0, 0.05) is 16.8 Å². The monoisotopic (exact) mass is 375 g/mol. The molecule has 4 heteroatoms. The molecule has 3 nitrogen and oxygen atoms in total. The van der Waals surface area contributed by atoms with Gasteiger partial charge >= 0.3 is 0 Å². The van der Waals surface area contributed by atoms with E-state index in [2.05, 4.69) is 68.5 Å². The molecule has 146 valence electrons. The maximum atomic E-state index is 11.8. The first-order chi connectivity index (χ1) is 11.7. The number of carbonyl (C=O) groups is 1. The zero-order chi connectivity index (χ0) is 20.1. The Morgan fingerprint density at radius 1 is 1.27 bits per heavy atom. The van der Waals surface area contributed by atoms with Crippen molar-refractivity contribution in [3.8, 4) is 0 Å². The summed E-state index contributed by atoms with van der Waals surface area (Å²) >= 11 is 0. The number of nitrogens with zero attached hydrogens (tertiary/aromatic N) is 1. The SMILES string of the molecule is Cc1c(C=O)c(C(C)C)nc2c1[C@@H](O[Si](C)(C)C(C)(C)C)CC(C)(C)C2. The Bertz CT molecular complexity index is 699. The van der Waals surface area contributed by atoms with Gasteiger partial charge in [0.2, 0.25) is 0 Å². The van der Waals surface area contributed by atoms with E-state index in [1.165, 1.54) is 5.56 Å². The summed E-state index contributed by atoms with van der Waals surface area (Å²) in [5.74, 6) is 0.240. The van der Waals surface area contributed by atoms with Crippen LogP contribution in [0.25, 0.3) is 0 Å². The summed E-state index contributed by atoms with van der Waals surface area (Å²) in [6, 6.07) is 0. The van der Waals surface area contributed by atoms with Crippen LogP contribution in [0.15, 0.2) is 0 Å². The van der Waals surface area contributed by atoms with Crippen LogP contribution in [0.2, 0.25) is 18.1 Å². The summed E-state index contributed by atoms with van der Waals surface area (Å²) in [6.07, 6.45) is 2.94. The van der Waals surface area contributed by atoms with E-state index in [0.717, 1.165) is 41.6 Å². The van der Waals surface area contributed by atoms with Crippen LogP contribution in [0.5, 0.6) is 0 Å². The third-order valence-corrected chi connectivity index (χ3v) is 10.8. The summed E-state index contributed by atoms with van der Waals surface area (Å²) in [7, 11) is -1.93. The van der Waals surface area contributed by atoms with Crippen molar-refractivity contribution in [1.29, 1.82) is 0 Å². The Labute approximate surface area is 161 Å². The zero-order valence-electron chi connectivity index (χ0n) is 18.4. The molecule has 0 fully saturated rings. The second kappa shape index (κ2) is 6.86. The predicted octanol–water partition coefficient (Wildman–Crippen LogP) is 6.36. The fourth-order valence-corrected chi connectivity index (χ4v) is 5.00. The van der Waals surface area contributed by atoms with Crippen molar-refractivity contribution in [2.45, 2.75) is 98.4 Å². The molecular formula is C22H37NO2Si. The number of hydrogen-bond donors (Lipinski definition) is 0. The third-order valence-electron chi connectivity index (χ3n) is 6.26. The molecule has 26 heavy (non-hydrogen) atoms. The predicted molar refractivity (Wildman–Crippen MR) is 112 cm³/mol. The Kier molecular flexibility index (Phi) is 5.62. The number of hydrogen-bond acceptors (Lipinski definition) is 3. The first-order valence-corrected chi connectivity index (χ1v) is 12.8. The molecule has 1 aliphatic carbocycles. The maximum Gasteiger partial charge on any atom is 0.192 e. The second-order valence-electron chi connectivity index (χ2n) is 10.6. The van der Waals surface area contributed by atoms with Gasteiger partial charge in [0.15, 0.2) is 14.6 Å². The van der Waals surface area contributed by atoms with Crippen molar-refractivity contribution in [2.75, 3.05) is 0 Å². The molecule has 0 aliphatic heterocycles. The minimum Gasteiger partial charge on any atom is -0.410 e. The van der Waals surface area contributed by atoms with Crippen molar-refractivity contribution in [3.05, 3.63) is 28.1 Å². The number of fused-ring (bicyclic) bond motifs is 1. The Morgan fingerprint density at radius 3 is 2.31 bits per heavy atom. The minimum atomic E-state index is -1.93. The average molecular weight is 376 g/mol. The van der Waals surface area contributed by atoms with Crippen LogP contribution < -0.4 is 0 Å². The first kappa shape index (κ1) is 21.3. The molecule has 0 aromatic carbocycles. The molecule has 1 heterocycles. The molecule has 0 unspecified atom stereocenters. The summed E-state index contributed by atoms with van der Waals surface area (Å²) in [6.45, 7) is 22.3. The van der Waals surface area contributed by atoms with E-state index in [0.29, 0.717) is 0 Å². The highest BCUT2D eigenvalue weighted by Gasteiger charge is 2.43. The van der Waals surface area contributed by atoms with E-state index >= 15 is 0 Å². The molecule has 0 saturated heterocycles. The van der Waals surface area contributed by atoms with E-state index in [1.54, 1.807) is 0 Å². The number of aromatic nitrogens is 1. The Hall–Kier alpha value is -1.00. The standard InChI is InChI=1S/C22H37NO2Si/c1-14(2)20-16(13-24)15(3)19-17(23-20)11-22(7,8)12-18(19)25-26(9,10)21(4,5)6/h13-14,18H,11-12H2,1-10H3/t18-/m0/s1. The smallest absolute Gasteiger partial charge is 0.192 e. The second-order valence-corrected chi connectivity index (χ2v) is 15.3. The van der Waals surface area contributed by atoms with Gasteiger partial charge in [-0.1, -0.05) is 48.5 Å². The number of aldehydes is 1. The molecule has 1 atom stereocenters. The molecule has 0 radical (unpaired) electrons. The highest BCUT2D eigenvalue weighted by molar-refractivity contribution is 6.74. The van der Waals surface area contributed by atoms with Gasteiger partial charge in [0.25, 0.3) is 0 Å². The lowest BCUT2D eigenvalue weighted by Crippen LogP contribution is -2.44. The highest BCUT2D eigenvalue weighted by Crippen LogP contribution is 2.48. The van der Waals surface area contributed by atoms with Crippen molar-refractivity contribution in [2.24, 2.45) is 5.41 Å². The van der Waals surface area contributed by atoms with Gasteiger partial charge in [-0.3, -0.25) is 9.78 Å². The van der Waals surface area contributed by atoms with Gasteiger partial charge in [-0.25, -0.2) is 0 Å². The van der Waals surface area contributed by atoms with Crippen molar-refractivity contribution in [3.63, 3.8) is 0 Å². The van der Waals surface area contributed by atoms with Crippen LogP contribution in [0.4, 0.5) is 0 Å². The quantitative estimate of drug-likeness (QED) is 0.454. The van der Waals surface area contributed by atoms with Gasteiger partial charge in [0.1, 0.15) is 0 Å². The van der Waals surface area contributed by atoms with Crippen molar-refractivity contribution in [1.82, 2.24) is 4.98 Å². The van der Waals surface area contributed by atoms with E-state index in [9.17, 15) is 4.79 Å². The molecule has 0 saturated carbocycles. The van der Waals surface area contributed by atoms with Gasteiger partial charge in [-0.15, -0.1) is 0 Å². The van der Waals surface area contributed by atoms with Crippen molar-refractivity contribution >= 4 is 14.6 Å². The van der Waals surface area contributed by atoms with Crippen LogP contribution >= 0.6 is 0 Å². The van der Waals surface area contributed by atoms with Crippen LogP contribution in [-0.2, 0) is 10.8 Å².